The number of hydrogen-bond donors (Lipinski definition) is 1. The van der Waals surface area contributed by atoms with E-state index < -0.39 is 0 Å². The number of aromatic nitrogens is 2. The van der Waals surface area contributed by atoms with E-state index in [-0.39, 0.29) is 0 Å². The molecule has 0 saturated carbocycles. The van der Waals surface area contributed by atoms with Gasteiger partial charge in [0.25, 0.3) is 0 Å². The summed E-state index contributed by atoms with van der Waals surface area (Å²) in [5, 5.41) is 8.96. The van der Waals surface area contributed by atoms with Gasteiger partial charge in [0.15, 0.2) is 5.01 Å². The smallest absolute Gasteiger partial charge is 0.203 e. The summed E-state index contributed by atoms with van der Waals surface area (Å²) < 4.78 is 7.11. The molecule has 2 aromatic rings. The molecule has 2 N–H and O–H groups in total. The molecule has 7 heteroatoms. The normalized spacial score (nSPS) is 10.4. The molecule has 0 bridgehead atoms. The van der Waals surface area contributed by atoms with Gasteiger partial charge in [-0.05, 0) is 28.1 Å². The molecule has 1 aromatic heterocycles. The van der Waals surface area contributed by atoms with Gasteiger partial charge in [-0.3, -0.25) is 0 Å². The van der Waals surface area contributed by atoms with E-state index in [0.29, 0.717) is 5.13 Å². The summed E-state index contributed by atoms with van der Waals surface area (Å²) >= 11 is 8.17. The molecule has 0 saturated heterocycles. The van der Waals surface area contributed by atoms with Crippen molar-refractivity contribution in [2.75, 3.05) is 12.8 Å². The molecule has 0 aliphatic carbocycles. The summed E-state index contributed by atoms with van der Waals surface area (Å²) in [5.74, 6) is 0.722. The first-order valence-electron chi connectivity index (χ1n) is 4.24. The van der Waals surface area contributed by atoms with Gasteiger partial charge in [0, 0.05) is 4.47 Å². The van der Waals surface area contributed by atoms with Gasteiger partial charge < -0.3 is 10.5 Å². The van der Waals surface area contributed by atoms with Crippen LogP contribution >= 0.6 is 43.2 Å². The molecule has 0 aliphatic heterocycles. The van der Waals surface area contributed by atoms with Crippen molar-refractivity contribution < 1.29 is 4.74 Å². The summed E-state index contributed by atoms with van der Waals surface area (Å²) in [6, 6.07) is 3.83. The van der Waals surface area contributed by atoms with Crippen LogP contribution in [0.2, 0.25) is 0 Å². The lowest BCUT2D eigenvalue weighted by atomic mass is 10.2. The van der Waals surface area contributed by atoms with E-state index in [2.05, 4.69) is 42.1 Å². The minimum atomic E-state index is 0.438. The van der Waals surface area contributed by atoms with Crippen LogP contribution in [0.1, 0.15) is 0 Å². The number of halogens is 2. The fourth-order valence-corrected chi connectivity index (χ4v) is 3.28. The Morgan fingerprint density at radius 3 is 2.62 bits per heavy atom. The Morgan fingerprint density at radius 1 is 1.31 bits per heavy atom. The van der Waals surface area contributed by atoms with Crippen LogP contribution in [0, 0.1) is 0 Å². The number of nitrogens with two attached hydrogens (primary N) is 1. The van der Waals surface area contributed by atoms with Crippen LogP contribution in [-0.4, -0.2) is 17.3 Å². The number of benzene rings is 1. The number of anilines is 1. The number of hydrogen-bond acceptors (Lipinski definition) is 5. The average molecular weight is 365 g/mol. The van der Waals surface area contributed by atoms with Crippen molar-refractivity contribution in [1.29, 1.82) is 0 Å². The first kappa shape index (κ1) is 11.8. The Kier molecular flexibility index (Phi) is 3.46. The third-order valence-electron chi connectivity index (χ3n) is 1.88. The molecular weight excluding hydrogens is 358 g/mol. The fourth-order valence-electron chi connectivity index (χ4n) is 1.27. The molecule has 1 heterocycles. The lowest BCUT2D eigenvalue weighted by Gasteiger charge is -2.08. The first-order valence-corrected chi connectivity index (χ1v) is 6.64. The standard InChI is InChI=1S/C9H7Br2N3OS/c1-15-7-5(2-4(10)3-6(7)11)8-13-14-9(12)16-8/h2-3H,1H3,(H2,12,14). The molecule has 0 atom stereocenters. The molecule has 1 aromatic carbocycles. The molecule has 0 aliphatic rings. The minimum Gasteiger partial charge on any atom is -0.495 e. The second kappa shape index (κ2) is 4.68. The third kappa shape index (κ3) is 2.21. The van der Waals surface area contributed by atoms with Gasteiger partial charge in [-0.2, -0.15) is 0 Å². The minimum absolute atomic E-state index is 0.438. The van der Waals surface area contributed by atoms with E-state index in [9.17, 15) is 0 Å². The predicted molar refractivity (Wildman–Crippen MR) is 71.7 cm³/mol. The van der Waals surface area contributed by atoms with Crippen LogP contribution in [0.4, 0.5) is 5.13 Å². The van der Waals surface area contributed by atoms with E-state index in [0.717, 1.165) is 25.3 Å². The molecule has 2 rings (SSSR count). The van der Waals surface area contributed by atoms with E-state index in [1.165, 1.54) is 11.3 Å². The molecule has 0 unspecified atom stereocenters. The predicted octanol–water partition coefficient (Wildman–Crippen LogP) is 3.32. The number of nitrogen functional groups attached to an aromatic ring is 1. The first-order chi connectivity index (χ1) is 7.61. The van der Waals surface area contributed by atoms with Gasteiger partial charge in [-0.1, -0.05) is 27.3 Å². The lowest BCUT2D eigenvalue weighted by Crippen LogP contribution is -1.89. The van der Waals surface area contributed by atoms with Crippen molar-refractivity contribution in [3.8, 4) is 16.3 Å². The van der Waals surface area contributed by atoms with Gasteiger partial charge in [0.2, 0.25) is 5.13 Å². The van der Waals surface area contributed by atoms with E-state index in [1.54, 1.807) is 7.11 Å². The SMILES string of the molecule is COc1c(Br)cc(Br)cc1-c1nnc(N)s1. The van der Waals surface area contributed by atoms with Crippen LogP contribution in [0.3, 0.4) is 0 Å². The highest BCUT2D eigenvalue weighted by Crippen LogP contribution is 2.40. The highest BCUT2D eigenvalue weighted by molar-refractivity contribution is 9.11. The molecule has 0 spiro atoms. The number of nitrogens with zero attached hydrogens (tertiary/aromatic N) is 2. The topological polar surface area (TPSA) is 61.0 Å². The summed E-state index contributed by atoms with van der Waals surface area (Å²) in [6.07, 6.45) is 0. The Morgan fingerprint density at radius 2 is 2.06 bits per heavy atom. The quantitative estimate of drug-likeness (QED) is 0.887. The van der Waals surface area contributed by atoms with Crippen molar-refractivity contribution in [3.05, 3.63) is 21.1 Å². The Hall–Kier alpha value is -0.660. The van der Waals surface area contributed by atoms with Crippen LogP contribution < -0.4 is 10.5 Å². The molecular formula is C9H7Br2N3OS. The summed E-state index contributed by atoms with van der Waals surface area (Å²) in [7, 11) is 1.61. The zero-order chi connectivity index (χ0) is 11.7. The molecule has 4 nitrogen and oxygen atoms in total. The van der Waals surface area contributed by atoms with Crippen molar-refractivity contribution in [2.45, 2.75) is 0 Å². The highest BCUT2D eigenvalue weighted by Gasteiger charge is 2.14. The zero-order valence-electron chi connectivity index (χ0n) is 8.20. The maximum atomic E-state index is 5.56. The Bertz CT molecular complexity index is 529. The van der Waals surface area contributed by atoms with Gasteiger partial charge in [-0.25, -0.2) is 0 Å². The fraction of sp³-hybridized carbons (Fsp3) is 0.111. The van der Waals surface area contributed by atoms with Crippen molar-refractivity contribution in [1.82, 2.24) is 10.2 Å². The van der Waals surface area contributed by atoms with E-state index in [4.69, 9.17) is 10.5 Å². The second-order valence-electron chi connectivity index (χ2n) is 2.91. The summed E-state index contributed by atoms with van der Waals surface area (Å²) in [6.45, 7) is 0. The number of ether oxygens (including phenoxy) is 1. The van der Waals surface area contributed by atoms with Crippen LogP contribution in [0.25, 0.3) is 10.6 Å². The van der Waals surface area contributed by atoms with Crippen molar-refractivity contribution >= 4 is 48.3 Å². The van der Waals surface area contributed by atoms with Crippen molar-refractivity contribution in [3.63, 3.8) is 0 Å². The lowest BCUT2D eigenvalue weighted by molar-refractivity contribution is 0.413. The van der Waals surface area contributed by atoms with E-state index >= 15 is 0 Å². The molecule has 16 heavy (non-hydrogen) atoms. The second-order valence-corrected chi connectivity index (χ2v) is 5.69. The molecule has 0 radical (unpaired) electrons. The van der Waals surface area contributed by atoms with Gasteiger partial charge in [0.1, 0.15) is 5.75 Å². The van der Waals surface area contributed by atoms with Crippen molar-refractivity contribution in [2.24, 2.45) is 0 Å². The largest absolute Gasteiger partial charge is 0.495 e. The van der Waals surface area contributed by atoms with Crippen LogP contribution in [-0.2, 0) is 0 Å². The Balaban J connectivity index is 2.63. The summed E-state index contributed by atoms with van der Waals surface area (Å²) in [4.78, 5) is 0. The van der Waals surface area contributed by atoms with Crippen LogP contribution in [0.5, 0.6) is 5.75 Å². The number of methoxy groups -OCH3 is 1. The maximum Gasteiger partial charge on any atom is 0.203 e. The highest BCUT2D eigenvalue weighted by atomic mass is 79.9. The average Bonchev–Trinajstić information content (AvgIpc) is 2.63. The van der Waals surface area contributed by atoms with Gasteiger partial charge in [0.05, 0.1) is 17.1 Å². The Labute approximate surface area is 113 Å². The molecule has 0 fully saturated rings. The zero-order valence-corrected chi connectivity index (χ0v) is 12.2. The van der Waals surface area contributed by atoms with E-state index in [1.807, 2.05) is 12.1 Å². The molecule has 0 amide bonds. The molecule has 84 valence electrons. The maximum absolute atomic E-state index is 5.56. The number of rotatable bonds is 2. The van der Waals surface area contributed by atoms with Gasteiger partial charge in [-0.15, -0.1) is 10.2 Å². The van der Waals surface area contributed by atoms with Gasteiger partial charge >= 0.3 is 0 Å². The summed E-state index contributed by atoms with van der Waals surface area (Å²) in [5.41, 5.74) is 6.42. The monoisotopic (exact) mass is 363 g/mol. The third-order valence-corrected chi connectivity index (χ3v) is 3.72. The van der Waals surface area contributed by atoms with Crippen LogP contribution in [0.15, 0.2) is 21.1 Å².